The van der Waals surface area contributed by atoms with Gasteiger partial charge in [0.25, 0.3) is 0 Å². The van der Waals surface area contributed by atoms with E-state index in [0.29, 0.717) is 17.8 Å². The van der Waals surface area contributed by atoms with Gasteiger partial charge in [0.1, 0.15) is 0 Å². The maximum Gasteiger partial charge on any atom is 0.159 e. The average Bonchev–Trinajstić information content (AvgIpc) is 2.42. The fourth-order valence-corrected chi connectivity index (χ4v) is 1.69. The molecular weight excluding hydrogens is 248 g/mol. The first kappa shape index (κ1) is 13.5. The maximum absolute atomic E-state index is 13.1. The van der Waals surface area contributed by atoms with Gasteiger partial charge in [0.15, 0.2) is 17.5 Å². The van der Waals surface area contributed by atoms with Gasteiger partial charge in [-0.15, -0.1) is 0 Å². The third-order valence-electron chi connectivity index (χ3n) is 2.91. The molecule has 0 aliphatic heterocycles. The fourth-order valence-electron chi connectivity index (χ4n) is 1.69. The molecule has 0 bridgehead atoms. The highest BCUT2D eigenvalue weighted by Crippen LogP contribution is 2.17. The number of hydrogen-bond donors (Lipinski definition) is 1. The van der Waals surface area contributed by atoms with Crippen LogP contribution in [0.2, 0.25) is 0 Å². The van der Waals surface area contributed by atoms with Crippen molar-refractivity contribution in [2.75, 3.05) is 0 Å². The molecule has 3 nitrogen and oxygen atoms in total. The smallest absolute Gasteiger partial charge is 0.159 e. The molecule has 0 aliphatic carbocycles. The zero-order valence-electron chi connectivity index (χ0n) is 10.6. The minimum atomic E-state index is -0.904. The van der Waals surface area contributed by atoms with Crippen LogP contribution < -0.4 is 5.73 Å². The van der Waals surface area contributed by atoms with Gasteiger partial charge in [0.2, 0.25) is 0 Å². The van der Waals surface area contributed by atoms with Crippen LogP contribution in [0.1, 0.15) is 18.9 Å². The van der Waals surface area contributed by atoms with Crippen LogP contribution in [-0.2, 0) is 6.42 Å². The van der Waals surface area contributed by atoms with Gasteiger partial charge in [-0.2, -0.15) is 0 Å². The summed E-state index contributed by atoms with van der Waals surface area (Å²) in [5, 5.41) is 0. The summed E-state index contributed by atoms with van der Waals surface area (Å²) in [6, 6.07) is 3.68. The molecule has 100 valence electrons. The van der Waals surface area contributed by atoms with Crippen molar-refractivity contribution in [2.24, 2.45) is 5.73 Å². The highest BCUT2D eigenvalue weighted by Gasteiger charge is 2.07. The van der Waals surface area contributed by atoms with Gasteiger partial charge in [0.05, 0.1) is 0 Å². The highest BCUT2D eigenvalue weighted by molar-refractivity contribution is 5.54. The summed E-state index contributed by atoms with van der Waals surface area (Å²) >= 11 is 0. The van der Waals surface area contributed by atoms with E-state index < -0.39 is 11.6 Å². The summed E-state index contributed by atoms with van der Waals surface area (Å²) in [6.45, 7) is 2.02. The summed E-state index contributed by atoms with van der Waals surface area (Å²) in [4.78, 5) is 8.30. The molecule has 2 aromatic rings. The Hall–Kier alpha value is -1.88. The molecule has 19 heavy (non-hydrogen) atoms. The van der Waals surface area contributed by atoms with E-state index in [-0.39, 0.29) is 6.04 Å². The molecule has 0 saturated heterocycles. The lowest BCUT2D eigenvalue weighted by Gasteiger charge is -2.08. The molecule has 0 aliphatic rings. The predicted octanol–water partition coefficient (Wildman–Crippen LogP) is 2.70. The Kier molecular flexibility index (Phi) is 4.16. The zero-order valence-corrected chi connectivity index (χ0v) is 10.6. The number of rotatable bonds is 4. The van der Waals surface area contributed by atoms with Gasteiger partial charge >= 0.3 is 0 Å². The largest absolute Gasteiger partial charge is 0.327 e. The number of nitrogens with two attached hydrogens (primary N) is 1. The van der Waals surface area contributed by atoms with Crippen molar-refractivity contribution in [3.63, 3.8) is 0 Å². The third-order valence-corrected chi connectivity index (χ3v) is 2.91. The molecule has 1 unspecified atom stereocenters. The quantitative estimate of drug-likeness (QED) is 0.922. The van der Waals surface area contributed by atoms with Crippen molar-refractivity contribution in [2.45, 2.75) is 25.8 Å². The Bertz CT molecular complexity index is 555. The highest BCUT2D eigenvalue weighted by atomic mass is 19.2. The third kappa shape index (κ3) is 3.32. The first-order chi connectivity index (χ1) is 9.10. The van der Waals surface area contributed by atoms with Crippen LogP contribution >= 0.6 is 0 Å². The lowest BCUT2D eigenvalue weighted by Crippen LogP contribution is -2.21. The molecule has 1 aromatic carbocycles. The number of benzene rings is 1. The standard InChI is InChI=1S/C14H15F2N3/c1-2-11(17)5-9-7-18-14(19-8-9)10-3-4-12(15)13(16)6-10/h3-4,6-8,11H,2,5,17H2,1H3. The van der Waals surface area contributed by atoms with Crippen LogP contribution in [0.15, 0.2) is 30.6 Å². The van der Waals surface area contributed by atoms with Gasteiger partial charge in [-0.3, -0.25) is 0 Å². The van der Waals surface area contributed by atoms with E-state index in [2.05, 4.69) is 9.97 Å². The number of aromatic nitrogens is 2. The predicted molar refractivity (Wildman–Crippen MR) is 69.4 cm³/mol. The first-order valence-corrected chi connectivity index (χ1v) is 6.12. The second-order valence-electron chi connectivity index (χ2n) is 4.42. The van der Waals surface area contributed by atoms with Gasteiger partial charge in [-0.25, -0.2) is 18.7 Å². The van der Waals surface area contributed by atoms with Gasteiger partial charge in [-0.1, -0.05) is 6.92 Å². The van der Waals surface area contributed by atoms with E-state index >= 15 is 0 Å². The Balaban J connectivity index is 2.20. The molecule has 1 aromatic heterocycles. The van der Waals surface area contributed by atoms with E-state index in [1.54, 1.807) is 12.4 Å². The van der Waals surface area contributed by atoms with Gasteiger partial charge in [0, 0.05) is 24.0 Å². The molecule has 0 radical (unpaired) electrons. The van der Waals surface area contributed by atoms with Crippen LogP contribution in [0.5, 0.6) is 0 Å². The SMILES string of the molecule is CCC(N)Cc1cnc(-c2ccc(F)c(F)c2)nc1. The summed E-state index contributed by atoms with van der Waals surface area (Å²) in [7, 11) is 0. The second kappa shape index (κ2) is 5.84. The minimum absolute atomic E-state index is 0.0812. The van der Waals surface area contributed by atoms with E-state index in [1.807, 2.05) is 6.92 Å². The summed E-state index contributed by atoms with van der Waals surface area (Å²) < 4.78 is 25.9. The molecule has 0 amide bonds. The first-order valence-electron chi connectivity index (χ1n) is 6.12. The van der Waals surface area contributed by atoms with Gasteiger partial charge in [-0.05, 0) is 36.6 Å². The van der Waals surface area contributed by atoms with Crippen LogP contribution in [0, 0.1) is 11.6 Å². The van der Waals surface area contributed by atoms with E-state index in [4.69, 9.17) is 5.73 Å². The van der Waals surface area contributed by atoms with Crippen molar-refractivity contribution < 1.29 is 8.78 Å². The molecule has 1 heterocycles. The Morgan fingerprint density at radius 1 is 1.16 bits per heavy atom. The van der Waals surface area contributed by atoms with Crippen LogP contribution in [0.3, 0.4) is 0 Å². The molecule has 5 heteroatoms. The Labute approximate surface area is 110 Å². The maximum atomic E-state index is 13.1. The molecule has 2 N–H and O–H groups in total. The molecule has 1 atom stereocenters. The van der Waals surface area contributed by atoms with Crippen molar-refractivity contribution in [1.29, 1.82) is 0 Å². The van der Waals surface area contributed by atoms with Gasteiger partial charge < -0.3 is 5.73 Å². The molecule has 2 rings (SSSR count). The van der Waals surface area contributed by atoms with E-state index in [1.165, 1.54) is 6.07 Å². The monoisotopic (exact) mass is 263 g/mol. The molecule has 0 spiro atoms. The second-order valence-corrected chi connectivity index (χ2v) is 4.42. The number of nitrogens with zero attached hydrogens (tertiary/aromatic N) is 2. The zero-order chi connectivity index (χ0) is 13.8. The normalized spacial score (nSPS) is 12.4. The van der Waals surface area contributed by atoms with Crippen molar-refractivity contribution >= 4 is 0 Å². The Morgan fingerprint density at radius 2 is 1.84 bits per heavy atom. The Morgan fingerprint density at radius 3 is 2.42 bits per heavy atom. The lowest BCUT2D eigenvalue weighted by molar-refractivity contribution is 0.509. The number of halogens is 2. The van der Waals surface area contributed by atoms with E-state index in [0.717, 1.165) is 24.1 Å². The van der Waals surface area contributed by atoms with Crippen LogP contribution in [0.4, 0.5) is 8.78 Å². The molecule has 0 fully saturated rings. The summed E-state index contributed by atoms with van der Waals surface area (Å²) in [5.41, 5.74) is 7.22. The minimum Gasteiger partial charge on any atom is -0.327 e. The molecular formula is C14H15F2N3. The van der Waals surface area contributed by atoms with Crippen LogP contribution in [0.25, 0.3) is 11.4 Å². The topological polar surface area (TPSA) is 51.8 Å². The summed E-state index contributed by atoms with van der Waals surface area (Å²) in [5.74, 6) is -1.42. The average molecular weight is 263 g/mol. The number of hydrogen-bond acceptors (Lipinski definition) is 3. The molecule has 0 saturated carbocycles. The van der Waals surface area contributed by atoms with E-state index in [9.17, 15) is 8.78 Å². The fraction of sp³-hybridized carbons (Fsp3) is 0.286. The van der Waals surface area contributed by atoms with Crippen molar-refractivity contribution in [1.82, 2.24) is 9.97 Å². The van der Waals surface area contributed by atoms with Crippen molar-refractivity contribution in [3.8, 4) is 11.4 Å². The van der Waals surface area contributed by atoms with Crippen molar-refractivity contribution in [3.05, 3.63) is 47.8 Å². The lowest BCUT2D eigenvalue weighted by atomic mass is 10.1. The van der Waals surface area contributed by atoms with Crippen LogP contribution in [-0.4, -0.2) is 16.0 Å². The summed E-state index contributed by atoms with van der Waals surface area (Å²) in [6.07, 6.45) is 4.91.